The van der Waals surface area contributed by atoms with Crippen LogP contribution in [0.5, 0.6) is 0 Å². The van der Waals surface area contributed by atoms with Crippen LogP contribution in [-0.4, -0.2) is 40.6 Å². The van der Waals surface area contributed by atoms with Gasteiger partial charge in [0.1, 0.15) is 5.03 Å². The van der Waals surface area contributed by atoms with Crippen LogP contribution in [0.4, 0.5) is 28.1 Å². The molecule has 4 aromatic rings. The summed E-state index contributed by atoms with van der Waals surface area (Å²) < 4.78 is 99.1. The first-order valence-electron chi connectivity index (χ1n) is 13.5. The molecular formula is C34H31Cl7F10Sb2. The van der Waals surface area contributed by atoms with Gasteiger partial charge in [0.05, 0.1) is 5.57 Å². The zero-order valence-electron chi connectivity index (χ0n) is 26.1. The topological polar surface area (TPSA) is 0 Å². The van der Waals surface area contributed by atoms with Crippen LogP contribution in [0.2, 0.25) is 20.1 Å². The van der Waals surface area contributed by atoms with Crippen molar-refractivity contribution in [1.82, 2.24) is 0 Å². The molecule has 296 valence electrons. The van der Waals surface area contributed by atoms with Gasteiger partial charge in [0.2, 0.25) is 0 Å². The zero-order valence-corrected chi connectivity index (χ0v) is 36.5. The molecule has 1 aliphatic rings. The van der Waals surface area contributed by atoms with Gasteiger partial charge < -0.3 is 12.4 Å². The Balaban J connectivity index is -0.000000584. The number of benzene rings is 4. The molecule has 1 aliphatic carbocycles. The van der Waals surface area contributed by atoms with E-state index in [-0.39, 0.29) is 19.8 Å². The Labute approximate surface area is 348 Å². The summed E-state index contributed by atoms with van der Waals surface area (Å²) in [6.45, 7) is 3.70. The second-order valence-electron chi connectivity index (χ2n) is 9.39. The third kappa shape index (κ3) is 43.5. The normalized spacial score (nSPS) is 12.7. The van der Waals surface area contributed by atoms with Gasteiger partial charge in [0, 0.05) is 50.6 Å². The Morgan fingerprint density at radius 2 is 0.792 bits per heavy atom. The molecule has 0 aliphatic heterocycles. The van der Waals surface area contributed by atoms with Crippen molar-refractivity contribution >= 4 is 110 Å². The maximum atomic E-state index is 9.91. The van der Waals surface area contributed by atoms with Gasteiger partial charge >= 0.3 is 68.7 Å². The summed E-state index contributed by atoms with van der Waals surface area (Å²) >= 11 is 15.5. The average molecular weight is 1120 g/mol. The van der Waals surface area contributed by atoms with Crippen LogP contribution in [0, 0.1) is 6.42 Å². The van der Waals surface area contributed by atoms with Crippen molar-refractivity contribution in [2.45, 2.75) is 19.7 Å². The Hall–Kier alpha value is -1.06. The van der Waals surface area contributed by atoms with E-state index in [9.17, 15) is 28.1 Å². The Bertz CT molecular complexity index is 1560. The summed E-state index contributed by atoms with van der Waals surface area (Å²) in [6, 6.07) is 32.7. The summed E-state index contributed by atoms with van der Waals surface area (Å²) in [6.07, 6.45) is 8.31. The summed E-state index contributed by atoms with van der Waals surface area (Å²) in [5.41, 5.74) is 4.60. The first kappa shape index (κ1) is 56.3. The monoisotopic (exact) mass is 1120 g/mol. The maximum absolute atomic E-state index is 9.91. The van der Waals surface area contributed by atoms with Gasteiger partial charge in [0.15, 0.2) is 0 Å². The number of allylic oxidation sites excluding steroid dienone is 5. The molecule has 53 heavy (non-hydrogen) atoms. The predicted octanol–water partition coefficient (Wildman–Crippen LogP) is 13.5. The third-order valence-corrected chi connectivity index (χ3v) is 6.52. The van der Waals surface area contributed by atoms with Crippen LogP contribution in [0.1, 0.15) is 24.1 Å². The average Bonchev–Trinajstić information content (AvgIpc) is 3.00. The van der Waals surface area contributed by atoms with Crippen molar-refractivity contribution < 1.29 is 40.5 Å². The molecule has 0 saturated heterocycles. The summed E-state index contributed by atoms with van der Waals surface area (Å²) in [5.74, 6) is 0.553. The molecule has 0 nitrogen and oxygen atoms in total. The van der Waals surface area contributed by atoms with Crippen molar-refractivity contribution in [3.05, 3.63) is 182 Å². The Kier molecular flexibility index (Phi) is 28.4. The molecule has 0 amide bonds. The number of halogens is 17. The minimum absolute atomic E-state index is 0. The van der Waals surface area contributed by atoms with Crippen molar-refractivity contribution in [3.8, 4) is 0 Å². The molecule has 0 spiro atoms. The number of hydrogen-bond donors (Lipinski definition) is 0. The summed E-state index contributed by atoms with van der Waals surface area (Å²) in [4.78, 5) is 0. The molecule has 0 radical (unpaired) electrons. The fourth-order valence-corrected chi connectivity index (χ4v) is 3.74. The van der Waals surface area contributed by atoms with E-state index in [4.69, 9.17) is 69.6 Å². The van der Waals surface area contributed by atoms with Gasteiger partial charge in [-0.3, -0.25) is 0 Å². The van der Waals surface area contributed by atoms with E-state index in [1.165, 1.54) is 11.1 Å². The molecule has 0 unspecified atom stereocenters. The van der Waals surface area contributed by atoms with Crippen LogP contribution in [-0.2, 0) is 12.3 Å². The second kappa shape index (κ2) is 26.7. The van der Waals surface area contributed by atoms with Crippen molar-refractivity contribution in [2.75, 3.05) is 0 Å². The van der Waals surface area contributed by atoms with E-state index in [0.29, 0.717) is 5.88 Å². The van der Waals surface area contributed by atoms with Crippen molar-refractivity contribution in [1.29, 1.82) is 0 Å². The van der Waals surface area contributed by atoms with Gasteiger partial charge in [-0.2, -0.15) is 0 Å². The molecule has 0 N–H and O–H groups in total. The third-order valence-electron chi connectivity index (χ3n) is 4.95. The molecule has 0 bridgehead atoms. The molecule has 0 saturated carbocycles. The summed E-state index contributed by atoms with van der Waals surface area (Å²) in [5, 5.41) is 3.86. The second-order valence-corrected chi connectivity index (χ2v) is 19.1. The molecule has 0 atom stereocenters. The van der Waals surface area contributed by atoms with E-state index in [0.717, 1.165) is 42.7 Å². The van der Waals surface area contributed by atoms with Crippen LogP contribution in [0.25, 0.3) is 0 Å². The number of alkyl halides is 1. The fraction of sp³-hybridized carbons (Fsp3) is 0.0882. The van der Waals surface area contributed by atoms with Gasteiger partial charge in [-0.05, 0) is 89.8 Å². The summed E-state index contributed by atoms with van der Waals surface area (Å²) in [7, 11) is 0. The molecule has 0 fully saturated rings. The quantitative estimate of drug-likeness (QED) is 0.0830. The van der Waals surface area contributed by atoms with Crippen molar-refractivity contribution in [2.24, 2.45) is 0 Å². The molecule has 0 aromatic heterocycles. The van der Waals surface area contributed by atoms with E-state index in [1.807, 2.05) is 128 Å². The Morgan fingerprint density at radius 3 is 1.02 bits per heavy atom. The molecule has 4 aromatic carbocycles. The standard InChI is InChI=1S/C13H10Cl2.C7H6Cl2.C7H6Cl.C6H5Cl.CH4.ClH.10FH.2Sb/c14-12-5-1-10(2-6-12)9-11-3-7-13(15)8-4-11;8-5-6-1-3-7(9)4-2-6;1-6-2-4-7(8)5-3-6;7-6-4-2-1-3-5-6;;;;;;;;;;;;;;/h1-8H,9H2;1-4H,5H2;2-5H,1H2;1-5H;1H4;11*1H;;/q;;+1;;;;;;;;;;;;;;2*+5/p-11. The zero-order chi connectivity index (χ0) is 39.4. The fourth-order valence-electron chi connectivity index (χ4n) is 2.91. The van der Waals surface area contributed by atoms with E-state index in [2.05, 4.69) is 6.58 Å². The molecular weight excluding hydrogens is 1090 g/mol. The first-order valence-corrected chi connectivity index (χ1v) is 25.6. The van der Waals surface area contributed by atoms with E-state index in [1.54, 1.807) is 0 Å². The first-order chi connectivity index (χ1) is 23.2. The van der Waals surface area contributed by atoms with Crippen LogP contribution in [0.15, 0.2) is 139 Å². The van der Waals surface area contributed by atoms with Gasteiger partial charge in [0.25, 0.3) is 0 Å². The van der Waals surface area contributed by atoms with Gasteiger partial charge in [-0.25, -0.2) is 0 Å². The van der Waals surface area contributed by atoms with Gasteiger partial charge in [-0.1, -0.05) is 108 Å². The molecule has 19 heteroatoms. The van der Waals surface area contributed by atoms with Crippen LogP contribution in [0.3, 0.4) is 0 Å². The minimum atomic E-state index is -9.19. The SMILES string of the molecule is C.C=C1C=CC(Cl)=C[CH+]1.ClCc1ccc(Cl)cc1.Clc1ccc(Cc2ccc(Cl)cc2)cc1.Clc1ccccc1.[Cl-].[F][Sb]([F])([F])([F])[F].[F][Sb]([F])([F])([F])[F]. The number of rotatable bonds is 3. The van der Waals surface area contributed by atoms with Crippen LogP contribution < -0.4 is 12.4 Å². The van der Waals surface area contributed by atoms with Crippen molar-refractivity contribution in [3.63, 3.8) is 0 Å². The Morgan fingerprint density at radius 1 is 0.491 bits per heavy atom. The number of hydrogen-bond acceptors (Lipinski definition) is 0. The molecule has 0 heterocycles. The molecule has 5 rings (SSSR count). The van der Waals surface area contributed by atoms with Gasteiger partial charge in [-0.15, -0.1) is 11.6 Å². The predicted molar refractivity (Wildman–Crippen MR) is 204 cm³/mol. The van der Waals surface area contributed by atoms with E-state index >= 15 is 0 Å². The van der Waals surface area contributed by atoms with Crippen LogP contribution >= 0.6 is 69.6 Å². The van der Waals surface area contributed by atoms with E-state index < -0.39 is 40.6 Å².